The number of para-hydroxylation sites is 2. The minimum atomic E-state index is -0.392. The Kier molecular flexibility index (Phi) is 4.11. The van der Waals surface area contributed by atoms with Crippen LogP contribution in [0.1, 0.15) is 27.7 Å². The molecule has 0 unspecified atom stereocenters. The fourth-order valence-electron chi connectivity index (χ4n) is 4.87. The van der Waals surface area contributed by atoms with Gasteiger partial charge in [-0.05, 0) is 56.7 Å². The van der Waals surface area contributed by atoms with Crippen LogP contribution in [0.5, 0.6) is 0 Å². The van der Waals surface area contributed by atoms with Crippen LogP contribution in [0.4, 0.5) is 0 Å². The highest BCUT2D eigenvalue weighted by Crippen LogP contribution is 2.38. The summed E-state index contributed by atoms with van der Waals surface area (Å²) in [5, 5.41) is 4.88. The quantitative estimate of drug-likeness (QED) is 0.317. The molecule has 0 N–H and O–H groups in total. The zero-order chi connectivity index (χ0) is 22.1. The van der Waals surface area contributed by atoms with E-state index < -0.39 is 7.12 Å². The zero-order valence-electron chi connectivity index (χ0n) is 18.9. The molecular formula is C28H26BNO2. The molecule has 6 rings (SSSR count). The minimum Gasteiger partial charge on any atom is -0.399 e. The highest BCUT2D eigenvalue weighted by atomic mass is 16.7. The molecule has 1 saturated heterocycles. The van der Waals surface area contributed by atoms with Crippen molar-refractivity contribution >= 4 is 45.2 Å². The van der Waals surface area contributed by atoms with Crippen LogP contribution in [0.25, 0.3) is 38.3 Å². The van der Waals surface area contributed by atoms with E-state index in [1.165, 1.54) is 32.9 Å². The molecule has 4 aromatic carbocycles. The smallest absolute Gasteiger partial charge is 0.399 e. The maximum Gasteiger partial charge on any atom is 0.495 e. The first-order valence-electron chi connectivity index (χ1n) is 11.2. The lowest BCUT2D eigenvalue weighted by molar-refractivity contribution is 0.00578. The second-order valence-electron chi connectivity index (χ2n) is 9.68. The molecule has 4 heteroatoms. The van der Waals surface area contributed by atoms with E-state index >= 15 is 0 Å². The molecule has 0 radical (unpaired) electrons. The normalized spacial score (nSPS) is 17.6. The van der Waals surface area contributed by atoms with Crippen molar-refractivity contribution in [2.24, 2.45) is 0 Å². The van der Waals surface area contributed by atoms with E-state index in [2.05, 4.69) is 117 Å². The van der Waals surface area contributed by atoms with Crippen molar-refractivity contribution < 1.29 is 9.31 Å². The van der Waals surface area contributed by atoms with Crippen molar-refractivity contribution in [2.45, 2.75) is 38.9 Å². The van der Waals surface area contributed by atoms with Crippen LogP contribution in [0.15, 0.2) is 84.9 Å². The standard InChI is InChI=1S/C28H26BNO2/c1-27(2)28(3,4)32-29(31-27)23-15-9-14-20-19(23)13-10-18-26(20)30-24-16-7-5-11-21(24)22-12-6-8-17-25(22)30/h5-18H,1-4H3. The van der Waals surface area contributed by atoms with Gasteiger partial charge >= 0.3 is 7.12 Å². The van der Waals surface area contributed by atoms with E-state index in [0.29, 0.717) is 0 Å². The third kappa shape index (κ3) is 2.70. The van der Waals surface area contributed by atoms with Crippen LogP contribution in [0, 0.1) is 0 Å². The summed E-state index contributed by atoms with van der Waals surface area (Å²) in [4.78, 5) is 0. The predicted octanol–water partition coefficient (Wildman–Crippen LogP) is 6.24. The van der Waals surface area contributed by atoms with E-state index in [0.717, 1.165) is 10.8 Å². The maximum absolute atomic E-state index is 6.40. The van der Waals surface area contributed by atoms with E-state index in [1.807, 2.05) is 0 Å². The Labute approximate surface area is 188 Å². The summed E-state index contributed by atoms with van der Waals surface area (Å²) < 4.78 is 15.2. The number of nitrogens with zero attached hydrogens (tertiary/aromatic N) is 1. The molecule has 32 heavy (non-hydrogen) atoms. The predicted molar refractivity (Wildman–Crippen MR) is 134 cm³/mol. The largest absolute Gasteiger partial charge is 0.495 e. The maximum atomic E-state index is 6.40. The third-order valence-electron chi connectivity index (χ3n) is 7.26. The first-order valence-corrected chi connectivity index (χ1v) is 11.2. The second-order valence-corrected chi connectivity index (χ2v) is 9.68. The van der Waals surface area contributed by atoms with Gasteiger partial charge in [0.1, 0.15) is 0 Å². The Morgan fingerprint density at radius 2 is 1.06 bits per heavy atom. The topological polar surface area (TPSA) is 23.4 Å². The molecular weight excluding hydrogens is 393 g/mol. The summed E-state index contributed by atoms with van der Waals surface area (Å²) in [7, 11) is -0.392. The van der Waals surface area contributed by atoms with Crippen LogP contribution in [0.2, 0.25) is 0 Å². The molecule has 1 aliphatic rings. The van der Waals surface area contributed by atoms with E-state index in [9.17, 15) is 0 Å². The van der Waals surface area contributed by atoms with Crippen molar-refractivity contribution in [1.82, 2.24) is 4.57 Å². The summed E-state index contributed by atoms with van der Waals surface area (Å²) >= 11 is 0. The van der Waals surface area contributed by atoms with Crippen molar-refractivity contribution in [1.29, 1.82) is 0 Å². The molecule has 0 aliphatic carbocycles. The zero-order valence-corrected chi connectivity index (χ0v) is 18.9. The van der Waals surface area contributed by atoms with Gasteiger partial charge < -0.3 is 13.9 Å². The first-order chi connectivity index (χ1) is 15.4. The summed E-state index contributed by atoms with van der Waals surface area (Å²) in [6.07, 6.45) is 0. The lowest BCUT2D eigenvalue weighted by Gasteiger charge is -2.32. The molecule has 1 aliphatic heterocycles. The van der Waals surface area contributed by atoms with Crippen LogP contribution >= 0.6 is 0 Å². The van der Waals surface area contributed by atoms with E-state index in [-0.39, 0.29) is 11.2 Å². The molecule has 0 amide bonds. The molecule has 1 fully saturated rings. The van der Waals surface area contributed by atoms with Gasteiger partial charge in [-0.2, -0.15) is 0 Å². The Bertz CT molecular complexity index is 1430. The first kappa shape index (κ1) is 19.6. The van der Waals surface area contributed by atoms with Gasteiger partial charge in [-0.15, -0.1) is 0 Å². The fraction of sp³-hybridized carbons (Fsp3) is 0.214. The number of hydrogen-bond acceptors (Lipinski definition) is 2. The molecule has 158 valence electrons. The average molecular weight is 419 g/mol. The Hall–Kier alpha value is -3.08. The minimum absolute atomic E-state index is 0.371. The van der Waals surface area contributed by atoms with Gasteiger partial charge in [0.05, 0.1) is 27.9 Å². The highest BCUT2D eigenvalue weighted by Gasteiger charge is 2.52. The van der Waals surface area contributed by atoms with Crippen molar-refractivity contribution in [3.05, 3.63) is 84.9 Å². The number of fused-ring (bicyclic) bond motifs is 4. The number of benzene rings is 4. The Morgan fingerprint density at radius 1 is 0.562 bits per heavy atom. The lowest BCUT2D eigenvalue weighted by Crippen LogP contribution is -2.41. The monoisotopic (exact) mass is 419 g/mol. The van der Waals surface area contributed by atoms with Gasteiger partial charge in [0.2, 0.25) is 0 Å². The number of hydrogen-bond donors (Lipinski definition) is 0. The molecule has 0 spiro atoms. The van der Waals surface area contributed by atoms with Crippen LogP contribution in [0.3, 0.4) is 0 Å². The van der Waals surface area contributed by atoms with E-state index in [1.54, 1.807) is 0 Å². The molecule has 0 atom stereocenters. The van der Waals surface area contributed by atoms with Crippen LogP contribution in [-0.2, 0) is 9.31 Å². The van der Waals surface area contributed by atoms with Crippen molar-refractivity contribution in [3.8, 4) is 5.69 Å². The molecule has 2 heterocycles. The highest BCUT2D eigenvalue weighted by molar-refractivity contribution is 6.65. The molecule has 1 aromatic heterocycles. The van der Waals surface area contributed by atoms with Gasteiger partial charge in [-0.1, -0.05) is 66.7 Å². The van der Waals surface area contributed by atoms with Gasteiger partial charge in [0.25, 0.3) is 0 Å². The summed E-state index contributed by atoms with van der Waals surface area (Å²) in [6.45, 7) is 8.40. The van der Waals surface area contributed by atoms with Crippen molar-refractivity contribution in [2.75, 3.05) is 0 Å². The van der Waals surface area contributed by atoms with Gasteiger partial charge in [0, 0.05) is 16.2 Å². The molecule has 5 aromatic rings. The summed E-state index contributed by atoms with van der Waals surface area (Å²) in [5.74, 6) is 0. The Morgan fingerprint density at radius 3 is 1.69 bits per heavy atom. The number of aromatic nitrogens is 1. The van der Waals surface area contributed by atoms with Crippen molar-refractivity contribution in [3.63, 3.8) is 0 Å². The van der Waals surface area contributed by atoms with Crippen LogP contribution < -0.4 is 5.46 Å². The molecule has 3 nitrogen and oxygen atoms in total. The van der Waals surface area contributed by atoms with Gasteiger partial charge in [-0.25, -0.2) is 0 Å². The van der Waals surface area contributed by atoms with Gasteiger partial charge in [-0.3, -0.25) is 0 Å². The molecule has 0 bridgehead atoms. The summed E-state index contributed by atoms with van der Waals surface area (Å²) in [5.41, 5.74) is 3.92. The fourth-order valence-corrected chi connectivity index (χ4v) is 4.87. The summed E-state index contributed by atoms with van der Waals surface area (Å²) in [6, 6.07) is 30.2. The van der Waals surface area contributed by atoms with Crippen LogP contribution in [-0.4, -0.2) is 22.9 Å². The SMILES string of the molecule is CC1(C)OB(c2cccc3c(-n4c5ccccc5c5ccccc54)cccc23)OC1(C)C. The Balaban J connectivity index is 1.62. The van der Waals surface area contributed by atoms with Gasteiger partial charge in [0.15, 0.2) is 0 Å². The van der Waals surface area contributed by atoms with E-state index in [4.69, 9.17) is 9.31 Å². The second kappa shape index (κ2) is 6.71. The lowest BCUT2D eigenvalue weighted by atomic mass is 9.76. The number of rotatable bonds is 2. The average Bonchev–Trinajstić information content (AvgIpc) is 3.23. The third-order valence-corrected chi connectivity index (χ3v) is 7.26. The molecule has 0 saturated carbocycles.